The van der Waals surface area contributed by atoms with Gasteiger partial charge in [-0.2, -0.15) is 0 Å². The van der Waals surface area contributed by atoms with E-state index in [-0.39, 0.29) is 23.6 Å². The highest BCUT2D eigenvalue weighted by molar-refractivity contribution is 5.79. The summed E-state index contributed by atoms with van der Waals surface area (Å²) in [5.74, 6) is 0.733. The van der Waals surface area contributed by atoms with Crippen LogP contribution in [-0.2, 0) is 4.79 Å². The number of likely N-dealkylation sites (tertiary alicyclic amines) is 1. The third-order valence-corrected chi connectivity index (χ3v) is 6.04. The quantitative estimate of drug-likeness (QED) is 0.893. The van der Waals surface area contributed by atoms with Crippen molar-refractivity contribution in [2.75, 3.05) is 19.6 Å². The number of hydrogen-bond acceptors (Lipinski definition) is 3. The third kappa shape index (κ3) is 2.88. The van der Waals surface area contributed by atoms with Crippen molar-refractivity contribution in [3.63, 3.8) is 0 Å². The summed E-state index contributed by atoms with van der Waals surface area (Å²) in [6.45, 7) is 2.06. The van der Waals surface area contributed by atoms with E-state index >= 15 is 0 Å². The molecular formula is C19H26N4O2. The van der Waals surface area contributed by atoms with Gasteiger partial charge in [-0.1, -0.05) is 18.6 Å². The van der Waals surface area contributed by atoms with E-state index in [0.29, 0.717) is 12.5 Å². The fourth-order valence-corrected chi connectivity index (χ4v) is 4.66. The van der Waals surface area contributed by atoms with Crippen molar-refractivity contribution < 1.29 is 4.79 Å². The number of piperidine rings is 1. The Bertz CT molecular complexity index is 816. The lowest BCUT2D eigenvalue weighted by atomic mass is 9.93. The van der Waals surface area contributed by atoms with E-state index in [9.17, 15) is 9.59 Å². The molecule has 25 heavy (non-hydrogen) atoms. The minimum atomic E-state index is -0.0510. The second kappa shape index (κ2) is 6.67. The molecule has 0 spiro atoms. The Labute approximate surface area is 147 Å². The molecule has 6 nitrogen and oxygen atoms in total. The maximum absolute atomic E-state index is 12.8. The standard InChI is InChI=1S/C19H26N4O2/c20-12-13-4-3-5-15(13)18(24)22-10-8-14(9-11-22)23-17-7-2-1-6-16(17)21-19(23)25/h1-2,6-7,13-15H,3-5,8-12,20H2,(H,21,25)/t13-,15-/m1/s1. The predicted molar refractivity (Wildman–Crippen MR) is 97.3 cm³/mol. The Kier molecular flexibility index (Phi) is 4.37. The molecule has 1 aliphatic carbocycles. The number of fused-ring (bicyclic) bond motifs is 1. The molecule has 2 fully saturated rings. The van der Waals surface area contributed by atoms with Crippen molar-refractivity contribution in [1.29, 1.82) is 0 Å². The van der Waals surface area contributed by atoms with Crippen LogP contribution in [0.25, 0.3) is 11.0 Å². The molecule has 0 radical (unpaired) electrons. The van der Waals surface area contributed by atoms with Crippen LogP contribution in [0.2, 0.25) is 0 Å². The molecule has 2 aromatic rings. The number of H-pyrrole nitrogens is 1. The minimum absolute atomic E-state index is 0.0510. The summed E-state index contributed by atoms with van der Waals surface area (Å²) in [4.78, 5) is 30.1. The Hall–Kier alpha value is -2.08. The van der Waals surface area contributed by atoms with Gasteiger partial charge in [0.25, 0.3) is 0 Å². The van der Waals surface area contributed by atoms with Crippen molar-refractivity contribution in [3.8, 4) is 0 Å². The van der Waals surface area contributed by atoms with Crippen LogP contribution in [0.4, 0.5) is 0 Å². The number of carbonyl (C=O) groups is 1. The average Bonchev–Trinajstić information content (AvgIpc) is 3.24. The summed E-state index contributed by atoms with van der Waals surface area (Å²) in [6, 6.07) is 7.95. The Balaban J connectivity index is 1.47. The highest BCUT2D eigenvalue weighted by atomic mass is 16.2. The summed E-state index contributed by atoms with van der Waals surface area (Å²) in [7, 11) is 0. The van der Waals surface area contributed by atoms with Crippen LogP contribution >= 0.6 is 0 Å². The van der Waals surface area contributed by atoms with E-state index in [0.717, 1.165) is 56.2 Å². The molecule has 3 N–H and O–H groups in total. The number of nitrogens with one attached hydrogen (secondary N) is 1. The largest absolute Gasteiger partial charge is 0.342 e. The molecular weight excluding hydrogens is 316 g/mol. The van der Waals surface area contributed by atoms with Crippen LogP contribution in [-0.4, -0.2) is 40.0 Å². The first kappa shape index (κ1) is 16.4. The number of amides is 1. The van der Waals surface area contributed by atoms with Crippen LogP contribution in [0.3, 0.4) is 0 Å². The number of hydrogen-bond donors (Lipinski definition) is 2. The zero-order valence-corrected chi connectivity index (χ0v) is 14.5. The lowest BCUT2D eigenvalue weighted by Gasteiger charge is -2.35. The van der Waals surface area contributed by atoms with Crippen molar-refractivity contribution in [2.24, 2.45) is 17.6 Å². The number of nitrogens with zero attached hydrogens (tertiary/aromatic N) is 2. The van der Waals surface area contributed by atoms with Gasteiger partial charge < -0.3 is 15.6 Å². The number of rotatable bonds is 3. The zero-order chi connectivity index (χ0) is 17.4. The highest BCUT2D eigenvalue weighted by Gasteiger charge is 2.36. The minimum Gasteiger partial charge on any atom is -0.342 e. The first-order valence-electron chi connectivity index (χ1n) is 9.37. The zero-order valence-electron chi connectivity index (χ0n) is 14.5. The summed E-state index contributed by atoms with van der Waals surface area (Å²) in [5, 5.41) is 0. The van der Waals surface area contributed by atoms with Crippen LogP contribution in [0, 0.1) is 11.8 Å². The Morgan fingerprint density at radius 1 is 1.16 bits per heavy atom. The molecule has 1 amide bonds. The van der Waals surface area contributed by atoms with Crippen molar-refractivity contribution in [3.05, 3.63) is 34.7 Å². The maximum Gasteiger partial charge on any atom is 0.326 e. The predicted octanol–water partition coefficient (Wildman–Crippen LogP) is 1.87. The van der Waals surface area contributed by atoms with Crippen LogP contribution in [0.1, 0.15) is 38.1 Å². The monoisotopic (exact) mass is 342 g/mol. The van der Waals surface area contributed by atoms with E-state index in [1.54, 1.807) is 0 Å². The molecule has 2 aliphatic rings. The summed E-state index contributed by atoms with van der Waals surface area (Å²) in [5.41, 5.74) is 7.62. The third-order valence-electron chi connectivity index (χ3n) is 6.04. The fraction of sp³-hybridized carbons (Fsp3) is 0.579. The van der Waals surface area contributed by atoms with E-state index < -0.39 is 0 Å². The summed E-state index contributed by atoms with van der Waals surface area (Å²) in [6.07, 6.45) is 4.82. The van der Waals surface area contributed by atoms with Crippen molar-refractivity contribution >= 4 is 16.9 Å². The van der Waals surface area contributed by atoms with Crippen LogP contribution in [0.5, 0.6) is 0 Å². The lowest BCUT2D eigenvalue weighted by molar-refractivity contribution is -0.137. The van der Waals surface area contributed by atoms with Gasteiger partial charge in [-0.15, -0.1) is 0 Å². The van der Waals surface area contributed by atoms with Gasteiger partial charge in [-0.05, 0) is 50.3 Å². The number of aromatic amines is 1. The number of carbonyl (C=O) groups excluding carboxylic acids is 1. The Morgan fingerprint density at radius 3 is 2.68 bits per heavy atom. The average molecular weight is 342 g/mol. The van der Waals surface area contributed by atoms with Gasteiger partial charge in [0.2, 0.25) is 5.91 Å². The van der Waals surface area contributed by atoms with Gasteiger partial charge in [0, 0.05) is 25.0 Å². The van der Waals surface area contributed by atoms with Gasteiger partial charge in [-0.25, -0.2) is 4.79 Å². The molecule has 134 valence electrons. The molecule has 2 atom stereocenters. The lowest BCUT2D eigenvalue weighted by Crippen LogP contribution is -2.44. The molecule has 0 bridgehead atoms. The SMILES string of the molecule is NC[C@H]1CCC[C@H]1C(=O)N1CCC(n2c(=O)[nH]c3ccccc32)CC1. The topological polar surface area (TPSA) is 84.1 Å². The molecule has 1 saturated heterocycles. The number of para-hydroxylation sites is 2. The van der Waals surface area contributed by atoms with Gasteiger partial charge in [0.1, 0.15) is 0 Å². The van der Waals surface area contributed by atoms with E-state index in [2.05, 4.69) is 4.98 Å². The van der Waals surface area contributed by atoms with Crippen molar-refractivity contribution in [2.45, 2.75) is 38.1 Å². The van der Waals surface area contributed by atoms with E-state index in [1.807, 2.05) is 33.7 Å². The molecule has 1 aromatic carbocycles. The Morgan fingerprint density at radius 2 is 1.92 bits per heavy atom. The van der Waals surface area contributed by atoms with Crippen LogP contribution in [0.15, 0.2) is 29.1 Å². The van der Waals surface area contributed by atoms with Gasteiger partial charge in [0.15, 0.2) is 0 Å². The highest BCUT2D eigenvalue weighted by Crippen LogP contribution is 2.34. The number of aromatic nitrogens is 2. The second-order valence-corrected chi connectivity index (χ2v) is 7.41. The fourth-order valence-electron chi connectivity index (χ4n) is 4.66. The molecule has 0 unspecified atom stereocenters. The van der Waals surface area contributed by atoms with Crippen LogP contribution < -0.4 is 11.4 Å². The van der Waals surface area contributed by atoms with Gasteiger partial charge >= 0.3 is 5.69 Å². The molecule has 4 rings (SSSR count). The second-order valence-electron chi connectivity index (χ2n) is 7.41. The van der Waals surface area contributed by atoms with Crippen molar-refractivity contribution in [1.82, 2.24) is 14.5 Å². The number of imidazole rings is 1. The normalized spacial score (nSPS) is 24.9. The number of nitrogens with two attached hydrogens (primary N) is 1. The molecule has 1 aliphatic heterocycles. The number of benzene rings is 1. The first-order chi connectivity index (χ1) is 12.2. The van der Waals surface area contributed by atoms with E-state index in [4.69, 9.17) is 5.73 Å². The molecule has 2 heterocycles. The summed E-state index contributed by atoms with van der Waals surface area (Å²) < 4.78 is 1.87. The van der Waals surface area contributed by atoms with Gasteiger partial charge in [0.05, 0.1) is 11.0 Å². The molecule has 1 aromatic heterocycles. The first-order valence-corrected chi connectivity index (χ1v) is 9.37. The maximum atomic E-state index is 12.8. The molecule has 6 heteroatoms. The smallest absolute Gasteiger partial charge is 0.326 e. The van der Waals surface area contributed by atoms with Gasteiger partial charge in [-0.3, -0.25) is 9.36 Å². The summed E-state index contributed by atoms with van der Waals surface area (Å²) >= 11 is 0. The molecule has 1 saturated carbocycles. The van der Waals surface area contributed by atoms with E-state index in [1.165, 1.54) is 0 Å².